The van der Waals surface area contributed by atoms with Gasteiger partial charge in [-0.2, -0.15) is 0 Å². The number of amides is 4. The summed E-state index contributed by atoms with van der Waals surface area (Å²) in [6.07, 6.45) is 0. The second-order valence-electron chi connectivity index (χ2n) is 18.1. The van der Waals surface area contributed by atoms with E-state index in [9.17, 15) is 27.6 Å². The molecule has 0 unspecified atom stereocenters. The molecule has 0 radical (unpaired) electrons. The van der Waals surface area contributed by atoms with Crippen molar-refractivity contribution in [2.45, 2.75) is 81.5 Å². The lowest BCUT2D eigenvalue weighted by atomic mass is 9.78. The van der Waals surface area contributed by atoms with E-state index in [1.807, 2.05) is 81.4 Å². The Morgan fingerprint density at radius 1 is 0.419 bits per heavy atom. The van der Waals surface area contributed by atoms with Gasteiger partial charge in [-0.1, -0.05) is 71.0 Å². The number of sulfone groups is 1. The van der Waals surface area contributed by atoms with Gasteiger partial charge in [0.05, 0.1) is 37.7 Å². The molecule has 0 fully saturated rings. The molecule has 4 amide bonds. The first-order valence-electron chi connectivity index (χ1n) is 20.2. The first-order chi connectivity index (χ1) is 29.1. The van der Waals surface area contributed by atoms with Gasteiger partial charge >= 0.3 is 0 Å². The van der Waals surface area contributed by atoms with Crippen molar-refractivity contribution in [3.05, 3.63) is 172 Å². The molecule has 0 aliphatic carbocycles. The SMILES string of the molecule is CC(C)(C)c1ccc(S(=O)(=O)c2ccc(N3C(=O)c4ccc(Oc5ccc(C(C)(C)c6ccc(Oc7ccc8c(c7)C(=O)N(C(C)(C)C)C8=O)cc6)cc5)cc4C3=O)cc2)cc1. The third-order valence-electron chi connectivity index (χ3n) is 11.4. The number of ether oxygens (including phenoxy) is 2. The first kappa shape index (κ1) is 41.9. The molecule has 2 aliphatic rings. The summed E-state index contributed by atoms with van der Waals surface area (Å²) in [4.78, 5) is 55.6. The summed E-state index contributed by atoms with van der Waals surface area (Å²) < 4.78 is 39.1. The topological polar surface area (TPSA) is 127 Å². The van der Waals surface area contributed by atoms with Crippen LogP contribution in [0.1, 0.15) is 114 Å². The summed E-state index contributed by atoms with van der Waals surface area (Å²) in [5.74, 6) is 0.251. The number of hydrogen-bond acceptors (Lipinski definition) is 8. The average molecular weight is 847 g/mol. The lowest BCUT2D eigenvalue weighted by molar-refractivity contribution is 0.0507. The molecule has 2 heterocycles. The lowest BCUT2D eigenvalue weighted by Gasteiger charge is -2.29. The van der Waals surface area contributed by atoms with E-state index in [0.29, 0.717) is 34.1 Å². The van der Waals surface area contributed by atoms with Gasteiger partial charge in [-0.3, -0.25) is 24.1 Å². The van der Waals surface area contributed by atoms with Gasteiger partial charge in [0, 0.05) is 11.0 Å². The monoisotopic (exact) mass is 846 g/mol. The molecule has 0 saturated carbocycles. The van der Waals surface area contributed by atoms with E-state index >= 15 is 0 Å². The normalized spacial score (nSPS) is 14.3. The summed E-state index contributed by atoms with van der Waals surface area (Å²) in [5, 5.41) is 0. The summed E-state index contributed by atoms with van der Waals surface area (Å²) in [5.41, 5.74) is 3.24. The summed E-state index contributed by atoms with van der Waals surface area (Å²) in [7, 11) is -3.83. The summed E-state index contributed by atoms with van der Waals surface area (Å²) >= 11 is 0. The zero-order valence-electron chi connectivity index (χ0n) is 35.8. The van der Waals surface area contributed by atoms with E-state index in [0.717, 1.165) is 21.6 Å². The number of imide groups is 2. The molecule has 6 aromatic carbocycles. The maximum Gasteiger partial charge on any atom is 0.266 e. The van der Waals surface area contributed by atoms with Crippen LogP contribution in [0.5, 0.6) is 23.0 Å². The summed E-state index contributed by atoms with van der Waals surface area (Å²) in [6.45, 7) is 15.9. The van der Waals surface area contributed by atoms with Crippen molar-refractivity contribution in [3.63, 3.8) is 0 Å². The Morgan fingerprint density at radius 2 is 0.790 bits per heavy atom. The molecular formula is C51H46N2O8S. The molecule has 0 atom stereocenters. The minimum atomic E-state index is -3.83. The van der Waals surface area contributed by atoms with Crippen molar-refractivity contribution in [2.75, 3.05) is 4.90 Å². The highest BCUT2D eigenvalue weighted by molar-refractivity contribution is 7.91. The Bertz CT molecular complexity index is 2900. The minimum Gasteiger partial charge on any atom is -0.457 e. The predicted molar refractivity (Wildman–Crippen MR) is 236 cm³/mol. The van der Waals surface area contributed by atoms with E-state index in [-0.39, 0.29) is 43.8 Å². The summed E-state index contributed by atoms with van der Waals surface area (Å²) in [6, 6.07) is 37.5. The zero-order valence-corrected chi connectivity index (χ0v) is 36.6. The highest BCUT2D eigenvalue weighted by Gasteiger charge is 2.42. The van der Waals surface area contributed by atoms with Crippen molar-refractivity contribution < 1.29 is 37.1 Å². The van der Waals surface area contributed by atoms with E-state index in [1.54, 1.807) is 42.5 Å². The van der Waals surface area contributed by atoms with Crippen LogP contribution in [0, 0.1) is 0 Å². The second-order valence-corrected chi connectivity index (χ2v) is 20.1. The smallest absolute Gasteiger partial charge is 0.266 e. The Labute approximate surface area is 361 Å². The molecule has 0 bridgehead atoms. The fourth-order valence-corrected chi connectivity index (χ4v) is 9.03. The Balaban J connectivity index is 0.919. The standard InChI is InChI=1S/C51H46N2O8S/c1-49(2,3)31-13-23-39(24-14-31)62(58,59)40-25-15-34(16-26-40)52-45(54)41-27-21-37(29-43(41)46(52)55)60-35-17-9-32(10-18-35)51(7,8)33-11-19-36(20-12-33)61-38-22-28-42-44(30-38)48(57)53(47(42)56)50(4,5)6/h9-30H,1-8H3. The molecule has 0 spiro atoms. The lowest BCUT2D eigenvalue weighted by Crippen LogP contribution is -2.45. The van der Waals surface area contributed by atoms with Gasteiger partial charge in [-0.25, -0.2) is 13.3 Å². The number of benzene rings is 6. The molecule has 314 valence electrons. The molecule has 0 aromatic heterocycles. The maximum absolute atomic E-state index is 13.6. The van der Waals surface area contributed by atoms with Crippen LogP contribution >= 0.6 is 0 Å². The maximum atomic E-state index is 13.6. The van der Waals surface area contributed by atoms with E-state index in [1.165, 1.54) is 35.2 Å². The molecule has 8 rings (SSSR count). The van der Waals surface area contributed by atoms with Crippen molar-refractivity contribution >= 4 is 39.2 Å². The third kappa shape index (κ3) is 7.47. The number of carbonyl (C=O) groups is 4. The largest absolute Gasteiger partial charge is 0.457 e. The van der Waals surface area contributed by atoms with E-state index in [2.05, 4.69) is 34.6 Å². The molecule has 62 heavy (non-hydrogen) atoms. The Hall–Kier alpha value is -6.85. The highest BCUT2D eigenvalue weighted by Crippen LogP contribution is 2.38. The van der Waals surface area contributed by atoms with Crippen LogP contribution in [-0.4, -0.2) is 42.5 Å². The molecule has 0 N–H and O–H groups in total. The van der Waals surface area contributed by atoms with Crippen molar-refractivity contribution in [1.82, 2.24) is 4.90 Å². The van der Waals surface area contributed by atoms with Crippen LogP contribution < -0.4 is 14.4 Å². The number of anilines is 1. The predicted octanol–water partition coefficient (Wildman–Crippen LogP) is 10.9. The average Bonchev–Trinajstić information content (AvgIpc) is 3.64. The highest BCUT2D eigenvalue weighted by atomic mass is 32.2. The van der Waals surface area contributed by atoms with Crippen LogP contribution in [0.3, 0.4) is 0 Å². The second kappa shape index (κ2) is 15.0. The first-order valence-corrected chi connectivity index (χ1v) is 21.7. The van der Waals surface area contributed by atoms with Crippen molar-refractivity contribution in [3.8, 4) is 23.0 Å². The Kier molecular flexibility index (Phi) is 10.1. The van der Waals surface area contributed by atoms with Gasteiger partial charge in [0.15, 0.2) is 0 Å². The zero-order chi connectivity index (χ0) is 44.5. The van der Waals surface area contributed by atoms with E-state index in [4.69, 9.17) is 9.47 Å². The number of nitrogens with zero attached hydrogens (tertiary/aromatic N) is 2. The van der Waals surface area contributed by atoms with Gasteiger partial charge in [-0.15, -0.1) is 0 Å². The van der Waals surface area contributed by atoms with Crippen molar-refractivity contribution in [1.29, 1.82) is 0 Å². The molecule has 2 aliphatic heterocycles. The van der Waals surface area contributed by atoms with Gasteiger partial charge in [0.2, 0.25) is 9.84 Å². The fraction of sp³-hybridized carbons (Fsp3) is 0.216. The van der Waals surface area contributed by atoms with Gasteiger partial charge in [-0.05, 0) is 140 Å². The van der Waals surface area contributed by atoms with Crippen LogP contribution in [0.15, 0.2) is 143 Å². The van der Waals surface area contributed by atoms with Crippen LogP contribution in [-0.2, 0) is 20.7 Å². The molecule has 6 aromatic rings. The number of carbonyl (C=O) groups excluding carboxylic acids is 4. The van der Waals surface area contributed by atoms with Gasteiger partial charge < -0.3 is 9.47 Å². The number of rotatable bonds is 9. The van der Waals surface area contributed by atoms with Crippen molar-refractivity contribution in [2.24, 2.45) is 0 Å². The van der Waals surface area contributed by atoms with Gasteiger partial charge in [0.25, 0.3) is 23.6 Å². The fourth-order valence-electron chi connectivity index (χ4n) is 7.77. The quantitative estimate of drug-likeness (QED) is 0.132. The van der Waals surface area contributed by atoms with Crippen LogP contribution in [0.4, 0.5) is 5.69 Å². The van der Waals surface area contributed by atoms with E-state index < -0.39 is 32.6 Å². The minimum absolute atomic E-state index is 0.0509. The van der Waals surface area contributed by atoms with Gasteiger partial charge in [0.1, 0.15) is 23.0 Å². The third-order valence-corrected chi connectivity index (χ3v) is 13.2. The molecule has 11 heteroatoms. The molecular weight excluding hydrogens is 801 g/mol. The number of fused-ring (bicyclic) bond motifs is 2. The van der Waals surface area contributed by atoms with Crippen LogP contribution in [0.25, 0.3) is 0 Å². The molecule has 0 saturated heterocycles. The van der Waals surface area contributed by atoms with Crippen LogP contribution in [0.2, 0.25) is 0 Å². The number of hydrogen-bond donors (Lipinski definition) is 0. The molecule has 10 nitrogen and oxygen atoms in total. The Morgan fingerprint density at radius 3 is 1.24 bits per heavy atom.